The Balaban J connectivity index is 0.00000243. The van der Waals surface area contributed by atoms with Crippen molar-refractivity contribution >= 4 is 18.3 Å². The van der Waals surface area contributed by atoms with E-state index in [9.17, 15) is 18.7 Å². The van der Waals surface area contributed by atoms with Crippen molar-refractivity contribution < 1.29 is 23.4 Å². The van der Waals surface area contributed by atoms with Crippen molar-refractivity contribution in [3.05, 3.63) is 29.8 Å². The van der Waals surface area contributed by atoms with E-state index in [2.05, 4.69) is 21.5 Å². The first-order chi connectivity index (χ1) is 12.0. The fourth-order valence-electron chi connectivity index (χ4n) is 3.12. The molecule has 0 spiro atoms. The highest BCUT2D eigenvalue weighted by atomic mass is 35.5. The van der Waals surface area contributed by atoms with Crippen LogP contribution < -0.4 is 26.2 Å². The van der Waals surface area contributed by atoms with E-state index in [0.717, 1.165) is 31.6 Å². The Morgan fingerprint density at radius 1 is 1.35 bits per heavy atom. The molecule has 3 rings (SSSR count). The summed E-state index contributed by atoms with van der Waals surface area (Å²) in [4.78, 5) is 12.3. The van der Waals surface area contributed by atoms with Gasteiger partial charge in [0, 0.05) is 31.1 Å². The largest absolute Gasteiger partial charge is 0.491 e. The van der Waals surface area contributed by atoms with Crippen molar-refractivity contribution in [3.63, 3.8) is 0 Å². The van der Waals surface area contributed by atoms with Crippen LogP contribution in [0.5, 0.6) is 5.75 Å². The molecule has 0 aromatic heterocycles. The van der Waals surface area contributed by atoms with E-state index in [1.807, 2.05) is 0 Å². The number of aliphatic hydroxyl groups excluding tert-OH is 1. The van der Waals surface area contributed by atoms with Gasteiger partial charge in [0.2, 0.25) is 5.91 Å². The van der Waals surface area contributed by atoms with Gasteiger partial charge >= 0.3 is 0 Å². The standard InChI is InChI=1S/C16H22F2N4O3.ClH/c17-12-2-1-10(5-13(12)18)25-8-9(23)6-20-16(24)15-11-7-19-4-3-14(11)21-22-15;/h1-2,5,9,11,14-15,19,21-23H,3-4,6-8H2,(H,20,24);1H. The van der Waals surface area contributed by atoms with Gasteiger partial charge in [-0.15, -0.1) is 12.4 Å². The summed E-state index contributed by atoms with van der Waals surface area (Å²) in [6, 6.07) is 3.03. The molecule has 0 aliphatic carbocycles. The van der Waals surface area contributed by atoms with Crippen molar-refractivity contribution in [2.24, 2.45) is 5.92 Å². The molecule has 2 aliphatic rings. The maximum Gasteiger partial charge on any atom is 0.238 e. The molecule has 26 heavy (non-hydrogen) atoms. The smallest absolute Gasteiger partial charge is 0.238 e. The molecule has 7 nitrogen and oxygen atoms in total. The second-order valence-electron chi connectivity index (χ2n) is 6.32. The first-order valence-electron chi connectivity index (χ1n) is 8.30. The van der Waals surface area contributed by atoms with Crippen LogP contribution in [0.25, 0.3) is 0 Å². The first-order valence-corrected chi connectivity index (χ1v) is 8.30. The summed E-state index contributed by atoms with van der Waals surface area (Å²) >= 11 is 0. The maximum atomic E-state index is 13.1. The van der Waals surface area contributed by atoms with Crippen LogP contribution >= 0.6 is 12.4 Å². The van der Waals surface area contributed by atoms with Gasteiger partial charge in [0.15, 0.2) is 11.6 Å². The fraction of sp³-hybridized carbons (Fsp3) is 0.562. The van der Waals surface area contributed by atoms with E-state index in [-0.39, 0.29) is 55.2 Å². The Hall–Kier alpha value is -1.52. The highest BCUT2D eigenvalue weighted by molar-refractivity contribution is 5.85. The molecule has 1 amide bonds. The van der Waals surface area contributed by atoms with Crippen LogP contribution in [0.1, 0.15) is 6.42 Å². The van der Waals surface area contributed by atoms with Gasteiger partial charge in [-0.1, -0.05) is 0 Å². The SMILES string of the molecule is Cl.O=C(NCC(O)COc1ccc(F)c(F)c1)C1NNC2CCNCC21. The normalized spacial score (nSPS) is 25.7. The predicted octanol–water partition coefficient (Wildman–Crippen LogP) is -0.303. The molecule has 2 heterocycles. The van der Waals surface area contributed by atoms with Crippen molar-refractivity contribution in [2.75, 3.05) is 26.2 Å². The van der Waals surface area contributed by atoms with Crippen molar-refractivity contribution in [3.8, 4) is 5.75 Å². The lowest BCUT2D eigenvalue weighted by Gasteiger charge is -2.27. The van der Waals surface area contributed by atoms with Gasteiger partial charge in [0.1, 0.15) is 24.5 Å². The van der Waals surface area contributed by atoms with E-state index in [4.69, 9.17) is 4.74 Å². The van der Waals surface area contributed by atoms with Gasteiger partial charge in [0.25, 0.3) is 0 Å². The third kappa shape index (κ3) is 5.01. The molecule has 5 N–H and O–H groups in total. The Bertz CT molecular complexity index is 625. The molecule has 1 aromatic carbocycles. The lowest BCUT2D eigenvalue weighted by atomic mass is 9.89. The molecular formula is C16H23ClF2N4O3. The van der Waals surface area contributed by atoms with E-state index in [0.29, 0.717) is 0 Å². The molecule has 0 radical (unpaired) electrons. The van der Waals surface area contributed by atoms with E-state index < -0.39 is 17.7 Å². The zero-order chi connectivity index (χ0) is 17.8. The molecule has 4 atom stereocenters. The summed E-state index contributed by atoms with van der Waals surface area (Å²) < 4.78 is 31.1. The number of nitrogens with one attached hydrogen (secondary N) is 4. The molecule has 0 saturated carbocycles. The number of benzene rings is 1. The van der Waals surface area contributed by atoms with E-state index in [1.54, 1.807) is 0 Å². The van der Waals surface area contributed by atoms with Crippen LogP contribution in [0, 0.1) is 17.6 Å². The highest BCUT2D eigenvalue weighted by Crippen LogP contribution is 2.20. The number of fused-ring (bicyclic) bond motifs is 1. The summed E-state index contributed by atoms with van der Waals surface area (Å²) in [5.74, 6) is -1.91. The first kappa shape index (κ1) is 20.8. The van der Waals surface area contributed by atoms with Crippen LogP contribution in [0.3, 0.4) is 0 Å². The second kappa shape index (κ2) is 9.43. The molecule has 146 valence electrons. The number of halogens is 3. The minimum absolute atomic E-state index is 0. The van der Waals surface area contributed by atoms with Gasteiger partial charge < -0.3 is 20.5 Å². The summed E-state index contributed by atoms with van der Waals surface area (Å²) in [5, 5.41) is 15.8. The summed E-state index contributed by atoms with van der Waals surface area (Å²) in [5.41, 5.74) is 6.13. The topological polar surface area (TPSA) is 94.7 Å². The Morgan fingerprint density at radius 3 is 2.92 bits per heavy atom. The molecule has 2 saturated heterocycles. The Morgan fingerprint density at radius 2 is 2.15 bits per heavy atom. The maximum absolute atomic E-state index is 13.1. The number of hydrazine groups is 1. The van der Waals surface area contributed by atoms with Gasteiger partial charge in [0.05, 0.1) is 0 Å². The molecule has 1 aromatic rings. The summed E-state index contributed by atoms with van der Waals surface area (Å²) in [6.45, 7) is 1.54. The van der Waals surface area contributed by atoms with Crippen molar-refractivity contribution in [2.45, 2.75) is 24.6 Å². The molecule has 2 aliphatic heterocycles. The van der Waals surface area contributed by atoms with E-state index >= 15 is 0 Å². The molecular weight excluding hydrogens is 370 g/mol. The van der Waals surface area contributed by atoms with Gasteiger partial charge in [-0.25, -0.2) is 14.2 Å². The molecule has 0 bridgehead atoms. The van der Waals surface area contributed by atoms with Crippen molar-refractivity contribution in [1.29, 1.82) is 0 Å². The quantitative estimate of drug-likeness (QED) is 0.456. The number of hydrogen-bond donors (Lipinski definition) is 5. The van der Waals surface area contributed by atoms with Crippen molar-refractivity contribution in [1.82, 2.24) is 21.5 Å². The van der Waals surface area contributed by atoms with Crippen LogP contribution in [0.2, 0.25) is 0 Å². The number of carbonyl (C=O) groups excluding carboxylic acids is 1. The zero-order valence-corrected chi connectivity index (χ0v) is 14.8. The average Bonchev–Trinajstić information content (AvgIpc) is 3.05. The Kier molecular flexibility index (Phi) is 7.54. The van der Waals surface area contributed by atoms with Crippen LogP contribution in [-0.4, -0.2) is 55.4 Å². The number of carbonyl (C=O) groups is 1. The average molecular weight is 393 g/mol. The number of rotatable bonds is 6. The second-order valence-corrected chi connectivity index (χ2v) is 6.32. The number of ether oxygens (including phenoxy) is 1. The number of aliphatic hydroxyl groups is 1. The van der Waals surface area contributed by atoms with E-state index in [1.165, 1.54) is 6.07 Å². The molecule has 10 heteroatoms. The third-order valence-electron chi connectivity index (χ3n) is 4.51. The van der Waals surface area contributed by atoms with Crippen LogP contribution in [0.4, 0.5) is 8.78 Å². The lowest BCUT2D eigenvalue weighted by molar-refractivity contribution is -0.124. The monoisotopic (exact) mass is 392 g/mol. The lowest BCUT2D eigenvalue weighted by Crippen LogP contribution is -2.50. The molecule has 2 fully saturated rings. The predicted molar refractivity (Wildman–Crippen MR) is 92.9 cm³/mol. The number of amides is 1. The fourth-order valence-corrected chi connectivity index (χ4v) is 3.12. The minimum Gasteiger partial charge on any atom is -0.491 e. The number of piperidine rings is 1. The Labute approximate surface area is 156 Å². The third-order valence-corrected chi connectivity index (χ3v) is 4.51. The zero-order valence-electron chi connectivity index (χ0n) is 14.0. The highest BCUT2D eigenvalue weighted by Gasteiger charge is 2.41. The van der Waals surface area contributed by atoms with Gasteiger partial charge in [-0.05, 0) is 25.1 Å². The van der Waals surface area contributed by atoms with Crippen LogP contribution in [-0.2, 0) is 4.79 Å². The number of hydrogen-bond acceptors (Lipinski definition) is 6. The molecule has 4 unspecified atom stereocenters. The van der Waals surface area contributed by atoms with Gasteiger partial charge in [-0.2, -0.15) is 0 Å². The minimum atomic E-state index is -1.02. The van der Waals surface area contributed by atoms with Crippen LogP contribution in [0.15, 0.2) is 18.2 Å². The summed E-state index contributed by atoms with van der Waals surface area (Å²) in [6.07, 6.45) is -0.0155. The summed E-state index contributed by atoms with van der Waals surface area (Å²) in [7, 11) is 0. The van der Waals surface area contributed by atoms with Gasteiger partial charge in [-0.3, -0.25) is 10.2 Å².